The average molecular weight is 484 g/mol. The lowest BCUT2D eigenvalue weighted by Crippen LogP contribution is -2.52. The molecule has 9 nitrogen and oxygen atoms in total. The van der Waals surface area contributed by atoms with Crippen molar-refractivity contribution in [3.63, 3.8) is 0 Å². The Bertz CT molecular complexity index is 714. The van der Waals surface area contributed by atoms with E-state index in [1.165, 1.54) is 12.0 Å². The zero-order valence-corrected chi connectivity index (χ0v) is 21.7. The number of aliphatic hydroxyl groups is 1. The fourth-order valence-corrected chi connectivity index (χ4v) is 3.95. The monoisotopic (exact) mass is 483 g/mol. The number of urea groups is 1. The fraction of sp³-hybridized carbons (Fsp3) is 0.720. The SMILES string of the molecule is CCC(OC)N(CC(O)C(N)CC(Cc1ccc(OC)c(OCCCOC)c1)C(C)C)C(N)=O. The molecular weight excluding hydrogens is 438 g/mol. The molecule has 0 bridgehead atoms. The van der Waals surface area contributed by atoms with Crippen molar-refractivity contribution < 1.29 is 28.8 Å². The Hall–Kier alpha value is -2.07. The maximum atomic E-state index is 11.9. The van der Waals surface area contributed by atoms with Crippen molar-refractivity contribution in [2.24, 2.45) is 23.3 Å². The molecule has 1 rings (SSSR count). The summed E-state index contributed by atoms with van der Waals surface area (Å²) in [7, 11) is 4.80. The first kappa shape index (κ1) is 30.0. The van der Waals surface area contributed by atoms with Gasteiger partial charge in [0.05, 0.1) is 26.4 Å². The first-order valence-electron chi connectivity index (χ1n) is 12.0. The Balaban J connectivity index is 2.87. The molecule has 0 aliphatic rings. The molecule has 0 aliphatic carbocycles. The number of rotatable bonds is 17. The number of methoxy groups -OCH3 is 3. The van der Waals surface area contributed by atoms with Gasteiger partial charge in [-0.2, -0.15) is 0 Å². The summed E-state index contributed by atoms with van der Waals surface area (Å²) < 4.78 is 21.7. The quantitative estimate of drug-likeness (QED) is 0.229. The number of aliphatic hydroxyl groups excluding tert-OH is 1. The number of benzene rings is 1. The molecule has 0 aliphatic heterocycles. The Morgan fingerprint density at radius 2 is 1.85 bits per heavy atom. The van der Waals surface area contributed by atoms with E-state index in [0.29, 0.717) is 43.5 Å². The standard InChI is InChI=1S/C25H45N3O6/c1-7-24(33-6)28(25(27)30)16-21(29)20(26)15-19(17(2)3)13-18-9-10-22(32-5)23(14-18)34-12-8-11-31-4/h9-10,14,17,19-21,24,29H,7-8,11-13,15-16,26H2,1-6H3,(H2,27,30). The topological polar surface area (TPSA) is 130 Å². The van der Waals surface area contributed by atoms with Crippen LogP contribution in [0.1, 0.15) is 45.6 Å². The van der Waals surface area contributed by atoms with Crippen molar-refractivity contribution in [3.05, 3.63) is 23.8 Å². The van der Waals surface area contributed by atoms with E-state index >= 15 is 0 Å². The lowest BCUT2D eigenvalue weighted by Gasteiger charge is -2.33. The summed E-state index contributed by atoms with van der Waals surface area (Å²) in [6.45, 7) is 7.36. The second-order valence-corrected chi connectivity index (χ2v) is 8.94. The first-order valence-corrected chi connectivity index (χ1v) is 12.0. The lowest BCUT2D eigenvalue weighted by molar-refractivity contribution is -0.0304. The third-order valence-corrected chi connectivity index (χ3v) is 6.12. The van der Waals surface area contributed by atoms with Crippen LogP contribution < -0.4 is 20.9 Å². The van der Waals surface area contributed by atoms with Crippen LogP contribution >= 0.6 is 0 Å². The number of amides is 2. The molecule has 5 N–H and O–H groups in total. The van der Waals surface area contributed by atoms with E-state index in [-0.39, 0.29) is 12.5 Å². The summed E-state index contributed by atoms with van der Waals surface area (Å²) in [6, 6.07) is 4.77. The number of nitrogens with zero attached hydrogens (tertiary/aromatic N) is 1. The molecule has 34 heavy (non-hydrogen) atoms. The molecule has 4 unspecified atom stereocenters. The van der Waals surface area contributed by atoms with Crippen LogP contribution in [0.15, 0.2) is 18.2 Å². The Morgan fingerprint density at radius 1 is 1.15 bits per heavy atom. The van der Waals surface area contributed by atoms with Gasteiger partial charge in [-0.3, -0.25) is 4.90 Å². The van der Waals surface area contributed by atoms with Crippen LogP contribution in [0.2, 0.25) is 0 Å². The van der Waals surface area contributed by atoms with Gasteiger partial charge in [-0.15, -0.1) is 0 Å². The Labute approximate surface area is 204 Å². The van der Waals surface area contributed by atoms with Crippen LogP contribution in [0.5, 0.6) is 11.5 Å². The highest BCUT2D eigenvalue weighted by Crippen LogP contribution is 2.31. The summed E-state index contributed by atoms with van der Waals surface area (Å²) in [5.41, 5.74) is 13.0. The Morgan fingerprint density at radius 3 is 2.38 bits per heavy atom. The van der Waals surface area contributed by atoms with Gasteiger partial charge >= 0.3 is 6.03 Å². The summed E-state index contributed by atoms with van der Waals surface area (Å²) in [5.74, 6) is 1.93. The Kier molecular flexibility index (Phi) is 13.9. The highest BCUT2D eigenvalue weighted by molar-refractivity contribution is 5.72. The van der Waals surface area contributed by atoms with Gasteiger partial charge in [0, 0.05) is 33.3 Å². The molecule has 196 valence electrons. The highest BCUT2D eigenvalue weighted by Gasteiger charge is 2.28. The summed E-state index contributed by atoms with van der Waals surface area (Å²) in [4.78, 5) is 13.2. The van der Waals surface area contributed by atoms with Crippen LogP contribution in [-0.4, -0.2) is 75.5 Å². The van der Waals surface area contributed by atoms with E-state index in [1.54, 1.807) is 14.2 Å². The van der Waals surface area contributed by atoms with Gasteiger partial charge in [0.1, 0.15) is 6.23 Å². The molecule has 0 heterocycles. The van der Waals surface area contributed by atoms with Crippen molar-refractivity contribution in [1.82, 2.24) is 4.90 Å². The zero-order valence-electron chi connectivity index (χ0n) is 21.7. The average Bonchev–Trinajstić information content (AvgIpc) is 2.81. The van der Waals surface area contributed by atoms with Crippen molar-refractivity contribution in [1.29, 1.82) is 0 Å². The smallest absolute Gasteiger partial charge is 0.316 e. The van der Waals surface area contributed by atoms with Gasteiger partial charge in [-0.05, 0) is 48.8 Å². The van der Waals surface area contributed by atoms with Crippen LogP contribution in [0, 0.1) is 11.8 Å². The van der Waals surface area contributed by atoms with Crippen molar-refractivity contribution in [2.75, 3.05) is 41.1 Å². The first-order chi connectivity index (χ1) is 16.2. The number of hydrogen-bond acceptors (Lipinski definition) is 7. The van der Waals surface area contributed by atoms with E-state index in [2.05, 4.69) is 13.8 Å². The second kappa shape index (κ2) is 15.8. The summed E-state index contributed by atoms with van der Waals surface area (Å²) >= 11 is 0. The molecule has 2 amide bonds. The summed E-state index contributed by atoms with van der Waals surface area (Å²) in [5, 5.41) is 10.8. The van der Waals surface area contributed by atoms with E-state index in [9.17, 15) is 9.90 Å². The zero-order chi connectivity index (χ0) is 25.7. The summed E-state index contributed by atoms with van der Waals surface area (Å²) in [6.07, 6.45) is 1.28. The second-order valence-electron chi connectivity index (χ2n) is 8.94. The number of carbonyl (C=O) groups is 1. The lowest BCUT2D eigenvalue weighted by atomic mass is 9.83. The number of primary amides is 1. The van der Waals surface area contributed by atoms with E-state index in [1.807, 2.05) is 25.1 Å². The molecule has 0 radical (unpaired) electrons. The minimum absolute atomic E-state index is 0.0235. The fourth-order valence-electron chi connectivity index (χ4n) is 3.95. The van der Waals surface area contributed by atoms with Crippen molar-refractivity contribution in [2.45, 2.75) is 64.8 Å². The molecule has 0 spiro atoms. The van der Waals surface area contributed by atoms with Gasteiger partial charge in [0.15, 0.2) is 11.5 Å². The van der Waals surface area contributed by atoms with Gasteiger partial charge in [0.2, 0.25) is 0 Å². The van der Waals surface area contributed by atoms with Crippen LogP contribution in [0.3, 0.4) is 0 Å². The predicted molar refractivity (Wildman–Crippen MR) is 133 cm³/mol. The minimum atomic E-state index is -0.923. The van der Waals surface area contributed by atoms with Crippen LogP contribution in [-0.2, 0) is 15.9 Å². The normalized spacial score (nSPS) is 15.0. The molecule has 1 aromatic rings. The molecule has 0 saturated carbocycles. The van der Waals surface area contributed by atoms with E-state index in [4.69, 9.17) is 30.4 Å². The molecule has 0 fully saturated rings. The molecule has 1 aromatic carbocycles. The maximum Gasteiger partial charge on any atom is 0.316 e. The van der Waals surface area contributed by atoms with Gasteiger partial charge < -0.3 is 35.5 Å². The number of ether oxygens (including phenoxy) is 4. The molecular formula is C25H45N3O6. The van der Waals surface area contributed by atoms with Gasteiger partial charge in [-0.1, -0.05) is 26.8 Å². The third kappa shape index (κ3) is 9.66. The number of carbonyl (C=O) groups excluding carboxylic acids is 1. The van der Waals surface area contributed by atoms with E-state index in [0.717, 1.165) is 18.4 Å². The van der Waals surface area contributed by atoms with Crippen LogP contribution in [0.4, 0.5) is 4.79 Å². The molecule has 0 aromatic heterocycles. The molecule has 0 saturated heterocycles. The molecule has 9 heteroatoms. The van der Waals surface area contributed by atoms with Crippen molar-refractivity contribution >= 4 is 6.03 Å². The third-order valence-electron chi connectivity index (χ3n) is 6.12. The predicted octanol–water partition coefficient (Wildman–Crippen LogP) is 2.77. The van der Waals surface area contributed by atoms with Gasteiger partial charge in [-0.25, -0.2) is 4.79 Å². The van der Waals surface area contributed by atoms with Gasteiger partial charge in [0.25, 0.3) is 0 Å². The maximum absolute atomic E-state index is 11.9. The minimum Gasteiger partial charge on any atom is -0.493 e. The molecule has 4 atom stereocenters. The number of hydrogen-bond donors (Lipinski definition) is 3. The van der Waals surface area contributed by atoms with E-state index < -0.39 is 24.4 Å². The van der Waals surface area contributed by atoms with Crippen LogP contribution in [0.25, 0.3) is 0 Å². The highest BCUT2D eigenvalue weighted by atomic mass is 16.5. The van der Waals surface area contributed by atoms with Crippen molar-refractivity contribution in [3.8, 4) is 11.5 Å². The number of nitrogens with two attached hydrogens (primary N) is 2. The largest absolute Gasteiger partial charge is 0.493 e.